The number of aryl methyl sites for hydroxylation is 1. The maximum atomic E-state index is 12.3. The van der Waals surface area contributed by atoms with Crippen LogP contribution >= 0.6 is 11.3 Å². The monoisotopic (exact) mass is 366 g/mol. The molecule has 0 saturated carbocycles. The number of amides is 3. The smallest absolute Gasteiger partial charge is 0.251 e. The van der Waals surface area contributed by atoms with Crippen LogP contribution in [0.25, 0.3) is 0 Å². The average molecular weight is 366 g/mol. The lowest BCUT2D eigenvalue weighted by Gasteiger charge is -2.34. The summed E-state index contributed by atoms with van der Waals surface area (Å²) in [5.41, 5.74) is 6.64. The third kappa shape index (κ3) is 4.79. The molecule has 1 aromatic rings. The lowest BCUT2D eigenvalue weighted by Crippen LogP contribution is -2.50. The van der Waals surface area contributed by atoms with Crippen molar-refractivity contribution in [2.75, 3.05) is 38.0 Å². The number of nitrogens with zero attached hydrogens (tertiary/aromatic N) is 2. The molecule has 1 aromatic heterocycles. The molecule has 2 rings (SSSR count). The summed E-state index contributed by atoms with van der Waals surface area (Å²) >= 11 is 1.37. The van der Waals surface area contributed by atoms with Gasteiger partial charge in [-0.15, -0.1) is 11.3 Å². The molecule has 1 saturated heterocycles. The zero-order valence-corrected chi connectivity index (χ0v) is 15.9. The molecule has 3 amide bonds. The van der Waals surface area contributed by atoms with Crippen molar-refractivity contribution in [3.8, 4) is 0 Å². The number of nitrogens with one attached hydrogen (secondary N) is 1. The summed E-state index contributed by atoms with van der Waals surface area (Å²) in [6, 6.07) is 0. The van der Waals surface area contributed by atoms with Crippen LogP contribution in [0.5, 0.6) is 0 Å². The minimum absolute atomic E-state index is 0.169. The summed E-state index contributed by atoms with van der Waals surface area (Å²) < 4.78 is 0. The highest BCUT2D eigenvalue weighted by atomic mass is 32.1. The van der Waals surface area contributed by atoms with Gasteiger partial charge >= 0.3 is 0 Å². The second-order valence-electron chi connectivity index (χ2n) is 6.31. The number of nitrogens with two attached hydrogens (primary N) is 1. The Morgan fingerprint density at radius 3 is 2.36 bits per heavy atom. The van der Waals surface area contributed by atoms with Crippen LogP contribution in [-0.2, 0) is 9.59 Å². The maximum Gasteiger partial charge on any atom is 0.251 e. The van der Waals surface area contributed by atoms with E-state index in [1.165, 1.54) is 11.3 Å². The lowest BCUT2D eigenvalue weighted by atomic mass is 10.1. The Morgan fingerprint density at radius 1 is 1.16 bits per heavy atom. The van der Waals surface area contributed by atoms with E-state index in [1.807, 2.05) is 30.6 Å². The van der Waals surface area contributed by atoms with E-state index in [-0.39, 0.29) is 18.4 Å². The number of anilines is 1. The Kier molecular flexibility index (Phi) is 6.55. The van der Waals surface area contributed by atoms with Crippen LogP contribution in [-0.4, -0.2) is 60.2 Å². The predicted octanol–water partition coefficient (Wildman–Crippen LogP) is 1.35. The third-order valence-electron chi connectivity index (χ3n) is 4.44. The van der Waals surface area contributed by atoms with Gasteiger partial charge < -0.3 is 16.0 Å². The van der Waals surface area contributed by atoms with Crippen molar-refractivity contribution in [1.82, 2.24) is 9.80 Å². The fourth-order valence-corrected chi connectivity index (χ4v) is 3.99. The number of carbonyl (C=O) groups excluding carboxylic acids is 3. The summed E-state index contributed by atoms with van der Waals surface area (Å²) in [4.78, 5) is 40.7. The zero-order chi connectivity index (χ0) is 18.6. The molecule has 0 radical (unpaired) electrons. The number of carbonyl (C=O) groups is 3. The Balaban J connectivity index is 1.89. The van der Waals surface area contributed by atoms with Crippen LogP contribution in [0.15, 0.2) is 0 Å². The molecule has 25 heavy (non-hydrogen) atoms. The summed E-state index contributed by atoms with van der Waals surface area (Å²) in [7, 11) is 0. The number of thiophene rings is 1. The van der Waals surface area contributed by atoms with E-state index in [0.29, 0.717) is 43.2 Å². The molecule has 1 aliphatic heterocycles. The Bertz CT molecular complexity index is 663. The first-order valence-corrected chi connectivity index (χ1v) is 9.34. The van der Waals surface area contributed by atoms with Gasteiger partial charge in [0.2, 0.25) is 11.8 Å². The minimum atomic E-state index is -0.528. The van der Waals surface area contributed by atoms with E-state index < -0.39 is 5.91 Å². The Morgan fingerprint density at radius 2 is 1.80 bits per heavy atom. The highest BCUT2D eigenvalue weighted by molar-refractivity contribution is 7.16. The van der Waals surface area contributed by atoms with Crippen LogP contribution in [0, 0.1) is 13.8 Å². The molecule has 0 unspecified atom stereocenters. The van der Waals surface area contributed by atoms with Gasteiger partial charge in [0.1, 0.15) is 5.00 Å². The van der Waals surface area contributed by atoms with Crippen LogP contribution in [0.1, 0.15) is 40.6 Å². The maximum absolute atomic E-state index is 12.3. The van der Waals surface area contributed by atoms with Gasteiger partial charge in [0.15, 0.2) is 0 Å². The third-order valence-corrected chi connectivity index (χ3v) is 5.56. The van der Waals surface area contributed by atoms with Gasteiger partial charge in [0.05, 0.1) is 12.1 Å². The first-order valence-electron chi connectivity index (χ1n) is 8.53. The predicted molar refractivity (Wildman–Crippen MR) is 98.9 cm³/mol. The van der Waals surface area contributed by atoms with Crippen LogP contribution in [0.4, 0.5) is 5.00 Å². The largest absolute Gasteiger partial charge is 0.365 e. The lowest BCUT2D eigenvalue weighted by molar-refractivity contribution is -0.133. The molecule has 0 aliphatic carbocycles. The van der Waals surface area contributed by atoms with Crippen molar-refractivity contribution in [3.63, 3.8) is 0 Å². The Labute approximate surface area is 152 Å². The molecule has 1 aliphatic rings. The molecule has 2 heterocycles. The summed E-state index contributed by atoms with van der Waals surface area (Å²) in [6.07, 6.45) is 1.43. The van der Waals surface area contributed by atoms with Gasteiger partial charge in [-0.1, -0.05) is 6.92 Å². The normalized spacial score (nSPS) is 15.2. The summed E-state index contributed by atoms with van der Waals surface area (Å²) in [6.45, 7) is 8.60. The second-order valence-corrected chi connectivity index (χ2v) is 7.53. The quantitative estimate of drug-likeness (QED) is 0.794. The molecule has 0 spiro atoms. The molecular formula is C17H26N4O3S. The van der Waals surface area contributed by atoms with Crippen molar-refractivity contribution >= 4 is 34.1 Å². The molecule has 8 heteroatoms. The fourth-order valence-electron chi connectivity index (χ4n) is 2.91. The van der Waals surface area contributed by atoms with Crippen LogP contribution in [0.3, 0.4) is 0 Å². The van der Waals surface area contributed by atoms with E-state index in [4.69, 9.17) is 5.73 Å². The summed E-state index contributed by atoms with van der Waals surface area (Å²) in [5.74, 6) is -0.514. The number of piperazine rings is 1. The Hall–Kier alpha value is -1.93. The van der Waals surface area contributed by atoms with Crippen LogP contribution in [0.2, 0.25) is 0 Å². The molecule has 1 fully saturated rings. The van der Waals surface area contributed by atoms with Gasteiger partial charge in [-0.25, -0.2) is 0 Å². The van der Waals surface area contributed by atoms with E-state index >= 15 is 0 Å². The molecule has 0 bridgehead atoms. The molecule has 0 atom stereocenters. The number of primary amides is 1. The molecular weight excluding hydrogens is 340 g/mol. The minimum Gasteiger partial charge on any atom is -0.365 e. The number of hydrogen-bond acceptors (Lipinski definition) is 5. The fraction of sp³-hybridized carbons (Fsp3) is 0.588. The standard InChI is InChI=1S/C17H26N4O3S/c1-4-5-14(23)21-8-6-20(7-9-21)10-13(22)19-17-15(16(18)24)11(2)12(3)25-17/h4-10H2,1-3H3,(H2,18,24)(H,19,22). The SMILES string of the molecule is CCCC(=O)N1CCN(CC(=O)Nc2sc(C)c(C)c2C(N)=O)CC1. The zero-order valence-electron chi connectivity index (χ0n) is 15.1. The van der Waals surface area contributed by atoms with Gasteiger partial charge in [-0.3, -0.25) is 19.3 Å². The van der Waals surface area contributed by atoms with Gasteiger partial charge in [0.25, 0.3) is 5.91 Å². The van der Waals surface area contributed by atoms with Crippen molar-refractivity contribution in [2.45, 2.75) is 33.6 Å². The second kappa shape index (κ2) is 8.44. The van der Waals surface area contributed by atoms with Crippen molar-refractivity contribution < 1.29 is 14.4 Å². The summed E-state index contributed by atoms with van der Waals surface area (Å²) in [5, 5.41) is 3.33. The topological polar surface area (TPSA) is 95.7 Å². The molecule has 0 aromatic carbocycles. The van der Waals surface area contributed by atoms with Crippen molar-refractivity contribution in [2.24, 2.45) is 5.73 Å². The molecule has 3 N–H and O–H groups in total. The van der Waals surface area contributed by atoms with Crippen molar-refractivity contribution in [1.29, 1.82) is 0 Å². The van der Waals surface area contributed by atoms with Crippen LogP contribution < -0.4 is 11.1 Å². The molecule has 138 valence electrons. The highest BCUT2D eigenvalue weighted by Crippen LogP contribution is 2.31. The van der Waals surface area contributed by atoms with E-state index in [9.17, 15) is 14.4 Å². The first kappa shape index (κ1) is 19.4. The van der Waals surface area contributed by atoms with Gasteiger partial charge in [-0.2, -0.15) is 0 Å². The average Bonchev–Trinajstić information content (AvgIpc) is 2.82. The van der Waals surface area contributed by atoms with E-state index in [2.05, 4.69) is 5.32 Å². The van der Waals surface area contributed by atoms with E-state index in [0.717, 1.165) is 16.9 Å². The highest BCUT2D eigenvalue weighted by Gasteiger charge is 2.23. The number of hydrogen-bond donors (Lipinski definition) is 2. The molecule has 7 nitrogen and oxygen atoms in total. The van der Waals surface area contributed by atoms with E-state index in [1.54, 1.807) is 0 Å². The first-order chi connectivity index (χ1) is 11.8. The van der Waals surface area contributed by atoms with Crippen molar-refractivity contribution in [3.05, 3.63) is 16.0 Å². The van der Waals surface area contributed by atoms with Gasteiger partial charge in [0, 0.05) is 37.5 Å². The number of rotatable bonds is 6. The van der Waals surface area contributed by atoms with Gasteiger partial charge in [-0.05, 0) is 25.8 Å².